The van der Waals surface area contributed by atoms with Crippen LogP contribution in [0.1, 0.15) is 26.2 Å². The Morgan fingerprint density at radius 2 is 1.90 bits per heavy atom. The summed E-state index contributed by atoms with van der Waals surface area (Å²) in [6.45, 7) is 3.00. The second-order valence-electron chi connectivity index (χ2n) is 7.16. The molecular weight excluding hydrogens is 416 g/mol. The van der Waals surface area contributed by atoms with Crippen molar-refractivity contribution in [1.82, 2.24) is 15.1 Å². The number of aromatic nitrogens is 2. The molecule has 0 aliphatic carbocycles. The van der Waals surface area contributed by atoms with E-state index in [0.717, 1.165) is 40.9 Å². The maximum absolute atomic E-state index is 12.5. The number of benzene rings is 2. The van der Waals surface area contributed by atoms with E-state index in [1.165, 1.54) is 29.5 Å². The summed E-state index contributed by atoms with van der Waals surface area (Å²) in [6, 6.07) is 17.7. The molecule has 1 atom stereocenters. The molecule has 1 aliphatic rings. The van der Waals surface area contributed by atoms with Gasteiger partial charge in [0, 0.05) is 18.3 Å². The Kier molecular flexibility index (Phi) is 6.86. The molecule has 8 heteroatoms. The number of para-hydroxylation sites is 1. The van der Waals surface area contributed by atoms with Crippen LogP contribution in [0.2, 0.25) is 0 Å². The molecule has 0 saturated carbocycles. The summed E-state index contributed by atoms with van der Waals surface area (Å²) in [5.74, 6) is 2.17. The van der Waals surface area contributed by atoms with E-state index in [2.05, 4.69) is 22.4 Å². The molecule has 4 rings (SSSR count). The van der Waals surface area contributed by atoms with Gasteiger partial charge >= 0.3 is 0 Å². The molecule has 2 heterocycles. The average molecular weight is 441 g/mol. The van der Waals surface area contributed by atoms with Crippen molar-refractivity contribution in [2.45, 2.75) is 36.6 Å². The Bertz CT molecular complexity index is 963. The number of carbonyl (C=O) groups excluding carboxylic acids is 1. The highest BCUT2D eigenvalue weighted by Crippen LogP contribution is 2.29. The number of anilines is 2. The van der Waals surface area contributed by atoms with Gasteiger partial charge in [0.1, 0.15) is 11.5 Å². The van der Waals surface area contributed by atoms with E-state index in [9.17, 15) is 4.79 Å². The normalized spacial score (nSPS) is 16.3. The molecule has 156 valence electrons. The first-order chi connectivity index (χ1) is 14.7. The molecule has 30 heavy (non-hydrogen) atoms. The summed E-state index contributed by atoms with van der Waals surface area (Å²) in [5, 5.41) is 12.3. The van der Waals surface area contributed by atoms with Gasteiger partial charge in [-0.25, -0.2) is 0 Å². The molecular formula is C22H24N4O2S2. The first-order valence-corrected chi connectivity index (χ1v) is 11.8. The lowest BCUT2D eigenvalue weighted by Gasteiger charge is -2.33. The van der Waals surface area contributed by atoms with Crippen molar-refractivity contribution in [1.29, 1.82) is 0 Å². The third kappa shape index (κ3) is 5.52. The number of ether oxygens (including phenoxy) is 1. The Hall–Kier alpha value is -2.58. The predicted octanol–water partition coefficient (Wildman–Crippen LogP) is 5.57. The summed E-state index contributed by atoms with van der Waals surface area (Å²) in [5.41, 5.74) is 0.904. The van der Waals surface area contributed by atoms with E-state index in [-0.39, 0.29) is 5.91 Å². The number of likely N-dealkylation sites (tertiary alicyclic amines) is 1. The molecule has 0 bridgehead atoms. The zero-order valence-corrected chi connectivity index (χ0v) is 18.4. The van der Waals surface area contributed by atoms with Crippen molar-refractivity contribution in [3.05, 3.63) is 54.6 Å². The summed E-state index contributed by atoms with van der Waals surface area (Å²) < 4.78 is 6.60. The minimum atomic E-state index is 0.186. The number of nitrogens with one attached hydrogen (secondary N) is 1. The molecule has 1 saturated heterocycles. The molecule has 0 spiro atoms. The van der Waals surface area contributed by atoms with Crippen LogP contribution in [0, 0.1) is 0 Å². The van der Waals surface area contributed by atoms with Gasteiger partial charge in [0.25, 0.3) is 0 Å². The summed E-state index contributed by atoms with van der Waals surface area (Å²) in [6.07, 6.45) is 3.41. The van der Waals surface area contributed by atoms with Gasteiger partial charge in [-0.1, -0.05) is 41.3 Å². The second kappa shape index (κ2) is 9.95. The van der Waals surface area contributed by atoms with E-state index < -0.39 is 0 Å². The van der Waals surface area contributed by atoms with Crippen molar-refractivity contribution in [2.75, 3.05) is 17.6 Å². The molecule has 1 aliphatic heterocycles. The number of thioether (sulfide) groups is 1. The third-order valence-electron chi connectivity index (χ3n) is 4.93. The van der Waals surface area contributed by atoms with Gasteiger partial charge < -0.3 is 15.0 Å². The van der Waals surface area contributed by atoms with Crippen molar-refractivity contribution >= 4 is 39.8 Å². The lowest BCUT2D eigenvalue weighted by molar-refractivity contribution is -0.131. The zero-order valence-electron chi connectivity index (χ0n) is 16.8. The number of amides is 1. The van der Waals surface area contributed by atoms with E-state index in [1.807, 2.05) is 59.5 Å². The second-order valence-corrected chi connectivity index (χ2v) is 9.36. The minimum absolute atomic E-state index is 0.186. The van der Waals surface area contributed by atoms with E-state index in [4.69, 9.17) is 4.74 Å². The van der Waals surface area contributed by atoms with Gasteiger partial charge in [-0.15, -0.1) is 10.2 Å². The first-order valence-electron chi connectivity index (χ1n) is 10.0. The van der Waals surface area contributed by atoms with Crippen molar-refractivity contribution in [3.63, 3.8) is 0 Å². The Morgan fingerprint density at radius 1 is 1.13 bits per heavy atom. The lowest BCUT2D eigenvalue weighted by atomic mass is 10.0. The van der Waals surface area contributed by atoms with E-state index in [0.29, 0.717) is 16.9 Å². The highest BCUT2D eigenvalue weighted by molar-refractivity contribution is 8.01. The fourth-order valence-corrected chi connectivity index (χ4v) is 5.01. The van der Waals surface area contributed by atoms with Crippen LogP contribution in [0.3, 0.4) is 0 Å². The predicted molar refractivity (Wildman–Crippen MR) is 122 cm³/mol. The number of piperidine rings is 1. The van der Waals surface area contributed by atoms with Gasteiger partial charge in [0.05, 0.1) is 5.75 Å². The van der Waals surface area contributed by atoms with Crippen LogP contribution < -0.4 is 10.1 Å². The van der Waals surface area contributed by atoms with Crippen LogP contribution in [-0.2, 0) is 4.79 Å². The van der Waals surface area contributed by atoms with Crippen LogP contribution in [0.25, 0.3) is 0 Å². The maximum Gasteiger partial charge on any atom is 0.233 e. The first kappa shape index (κ1) is 20.7. The smallest absolute Gasteiger partial charge is 0.233 e. The molecule has 1 fully saturated rings. The van der Waals surface area contributed by atoms with Crippen LogP contribution in [0.5, 0.6) is 11.5 Å². The van der Waals surface area contributed by atoms with Gasteiger partial charge in [0.15, 0.2) is 4.34 Å². The average Bonchev–Trinajstić information content (AvgIpc) is 3.22. The van der Waals surface area contributed by atoms with Crippen molar-refractivity contribution < 1.29 is 9.53 Å². The third-order valence-corrected chi connectivity index (χ3v) is 6.89. The fraction of sp³-hybridized carbons (Fsp3) is 0.318. The molecule has 6 nitrogen and oxygen atoms in total. The molecule has 3 aromatic rings. The van der Waals surface area contributed by atoms with Gasteiger partial charge in [-0.3, -0.25) is 4.79 Å². The zero-order chi connectivity index (χ0) is 20.8. The fourth-order valence-electron chi connectivity index (χ4n) is 3.35. The lowest BCUT2D eigenvalue weighted by Crippen LogP contribution is -2.42. The Labute approximate surface area is 184 Å². The summed E-state index contributed by atoms with van der Waals surface area (Å²) >= 11 is 2.90. The van der Waals surface area contributed by atoms with Gasteiger partial charge in [-0.2, -0.15) is 0 Å². The highest BCUT2D eigenvalue weighted by atomic mass is 32.2. The monoisotopic (exact) mass is 440 g/mol. The van der Waals surface area contributed by atoms with E-state index >= 15 is 0 Å². The maximum atomic E-state index is 12.5. The molecule has 0 radical (unpaired) electrons. The number of nitrogens with zero attached hydrogens (tertiary/aromatic N) is 3. The summed E-state index contributed by atoms with van der Waals surface area (Å²) in [7, 11) is 0. The molecule has 1 N–H and O–H groups in total. The largest absolute Gasteiger partial charge is 0.457 e. The highest BCUT2D eigenvalue weighted by Gasteiger charge is 2.23. The Balaban J connectivity index is 1.28. The topological polar surface area (TPSA) is 67.4 Å². The van der Waals surface area contributed by atoms with Crippen molar-refractivity contribution in [3.8, 4) is 11.5 Å². The van der Waals surface area contributed by atoms with Crippen LogP contribution in [0.15, 0.2) is 58.9 Å². The van der Waals surface area contributed by atoms with Crippen LogP contribution in [0.4, 0.5) is 10.8 Å². The Morgan fingerprint density at radius 3 is 2.67 bits per heavy atom. The van der Waals surface area contributed by atoms with Gasteiger partial charge in [-0.05, 0) is 62.6 Å². The standard InChI is InChI=1S/C22H24N4O2S2/c1-16-7-5-6-14-26(16)20(27)15-29-22-25-24-21(30-22)23-17-10-12-19(13-11-17)28-18-8-3-2-4-9-18/h2-4,8-13,16H,5-7,14-15H2,1H3,(H,23,24)/t16-/m0/s1. The number of hydrogen-bond donors (Lipinski definition) is 1. The quantitative estimate of drug-likeness (QED) is 0.485. The van der Waals surface area contributed by atoms with E-state index in [1.54, 1.807) is 0 Å². The SMILES string of the molecule is C[C@H]1CCCCN1C(=O)CSc1nnc(Nc2ccc(Oc3ccccc3)cc2)s1. The molecule has 2 aromatic carbocycles. The number of rotatable bonds is 7. The van der Waals surface area contributed by atoms with Gasteiger partial charge in [0.2, 0.25) is 11.0 Å². The number of carbonyl (C=O) groups is 1. The molecule has 1 aromatic heterocycles. The van der Waals surface area contributed by atoms with Crippen LogP contribution >= 0.6 is 23.1 Å². The summed E-state index contributed by atoms with van der Waals surface area (Å²) in [4.78, 5) is 14.5. The minimum Gasteiger partial charge on any atom is -0.457 e. The molecule has 1 amide bonds. The number of hydrogen-bond acceptors (Lipinski definition) is 7. The molecule has 0 unspecified atom stereocenters. The van der Waals surface area contributed by atoms with Crippen LogP contribution in [-0.4, -0.2) is 39.3 Å². The van der Waals surface area contributed by atoms with Crippen molar-refractivity contribution in [2.24, 2.45) is 0 Å².